The topological polar surface area (TPSA) is 85.2 Å². The maximum atomic E-state index is 8.97. The largest absolute Gasteiger partial charge is 0.425 e. The van der Waals surface area contributed by atoms with Crippen LogP contribution in [0.5, 0.6) is 0 Å². The zero-order valence-electron chi connectivity index (χ0n) is 10.4. The lowest BCUT2D eigenvalue weighted by Gasteiger charge is -2.15. The van der Waals surface area contributed by atoms with Crippen LogP contribution in [0.25, 0.3) is 0 Å². The molecule has 3 N–H and O–H groups in total. The van der Waals surface area contributed by atoms with Crippen molar-refractivity contribution in [3.8, 4) is 0 Å². The molecule has 16 heavy (non-hydrogen) atoms. The number of nitrogens with two attached hydrogens (primary N) is 1. The molecule has 5 nitrogen and oxygen atoms in total. The molecular weight excluding hydrogens is 206 g/mol. The Morgan fingerprint density at radius 2 is 2.00 bits per heavy atom. The van der Waals surface area contributed by atoms with Crippen molar-refractivity contribution in [3.05, 3.63) is 11.8 Å². The predicted molar refractivity (Wildman–Crippen MR) is 60.9 cm³/mol. The number of aliphatic hydroxyl groups is 1. The summed E-state index contributed by atoms with van der Waals surface area (Å²) in [6.07, 6.45) is 0.505. The first-order valence-corrected chi connectivity index (χ1v) is 5.54. The minimum atomic E-state index is -0.154. The maximum absolute atomic E-state index is 8.97. The van der Waals surface area contributed by atoms with Gasteiger partial charge >= 0.3 is 0 Å². The van der Waals surface area contributed by atoms with Gasteiger partial charge in [-0.05, 0) is 5.92 Å². The van der Waals surface area contributed by atoms with Gasteiger partial charge in [0.15, 0.2) is 0 Å². The lowest BCUT2D eigenvalue weighted by Crippen LogP contribution is -2.32. The third-order valence-electron chi connectivity index (χ3n) is 2.54. The van der Waals surface area contributed by atoms with Crippen molar-refractivity contribution in [1.82, 2.24) is 10.2 Å². The first-order chi connectivity index (χ1) is 7.34. The van der Waals surface area contributed by atoms with E-state index in [0.29, 0.717) is 18.2 Å². The molecule has 0 spiro atoms. The number of hydrogen-bond donors (Lipinski definition) is 2. The molecule has 0 bridgehead atoms. The van der Waals surface area contributed by atoms with Crippen LogP contribution in [0.2, 0.25) is 0 Å². The predicted octanol–water partition coefficient (Wildman–Crippen LogP) is 0.865. The summed E-state index contributed by atoms with van der Waals surface area (Å²) in [5, 5.41) is 16.9. The van der Waals surface area contributed by atoms with Gasteiger partial charge < -0.3 is 15.3 Å². The van der Waals surface area contributed by atoms with Gasteiger partial charge in [-0.3, -0.25) is 0 Å². The van der Waals surface area contributed by atoms with Gasteiger partial charge in [0.05, 0.1) is 0 Å². The highest BCUT2D eigenvalue weighted by Gasteiger charge is 2.23. The molecule has 1 rings (SSSR count). The Hall–Kier alpha value is -0.940. The lowest BCUT2D eigenvalue weighted by atomic mass is 9.97. The first-order valence-electron chi connectivity index (χ1n) is 5.54. The molecule has 0 amide bonds. The fraction of sp³-hybridized carbons (Fsp3) is 0.818. The summed E-state index contributed by atoms with van der Waals surface area (Å²) in [7, 11) is 0. The number of aliphatic hydroxyl groups excluding tert-OH is 1. The van der Waals surface area contributed by atoms with Crippen LogP contribution in [0.1, 0.15) is 39.5 Å². The van der Waals surface area contributed by atoms with Gasteiger partial charge in [-0.25, -0.2) is 0 Å². The molecule has 1 aromatic heterocycles. The Morgan fingerprint density at radius 3 is 2.44 bits per heavy atom. The van der Waals surface area contributed by atoms with E-state index in [-0.39, 0.29) is 24.0 Å². The van der Waals surface area contributed by atoms with Gasteiger partial charge in [0.2, 0.25) is 11.8 Å². The van der Waals surface area contributed by atoms with Crippen LogP contribution in [0, 0.1) is 5.92 Å². The molecule has 0 fully saturated rings. The Bertz CT molecular complexity index is 330. The average Bonchev–Trinajstić information content (AvgIpc) is 2.64. The van der Waals surface area contributed by atoms with Crippen molar-refractivity contribution in [3.63, 3.8) is 0 Å². The molecule has 0 aliphatic rings. The molecule has 0 aliphatic carbocycles. The van der Waals surface area contributed by atoms with Crippen molar-refractivity contribution >= 4 is 0 Å². The fourth-order valence-corrected chi connectivity index (χ4v) is 1.18. The zero-order valence-corrected chi connectivity index (χ0v) is 10.4. The Morgan fingerprint density at radius 1 is 1.38 bits per heavy atom. The van der Waals surface area contributed by atoms with Gasteiger partial charge in [-0.1, -0.05) is 27.7 Å². The third-order valence-corrected chi connectivity index (χ3v) is 2.54. The molecule has 2 atom stereocenters. The molecule has 1 heterocycles. The van der Waals surface area contributed by atoms with Gasteiger partial charge in [0.1, 0.15) is 0 Å². The number of hydrogen-bond acceptors (Lipinski definition) is 5. The van der Waals surface area contributed by atoms with E-state index in [2.05, 4.69) is 10.2 Å². The number of aromatic nitrogens is 2. The fourth-order valence-electron chi connectivity index (χ4n) is 1.18. The van der Waals surface area contributed by atoms with Crippen molar-refractivity contribution in [2.24, 2.45) is 11.7 Å². The molecular formula is C11H21N3O2. The van der Waals surface area contributed by atoms with Crippen molar-refractivity contribution in [2.45, 2.75) is 45.6 Å². The first kappa shape index (κ1) is 13.1. The van der Waals surface area contributed by atoms with Crippen LogP contribution in [0.3, 0.4) is 0 Å². The van der Waals surface area contributed by atoms with Crippen LogP contribution in [0.4, 0.5) is 0 Å². The summed E-state index contributed by atoms with van der Waals surface area (Å²) in [4.78, 5) is 0. The smallest absolute Gasteiger partial charge is 0.221 e. The lowest BCUT2D eigenvalue weighted by molar-refractivity contribution is 0.212. The van der Waals surface area contributed by atoms with E-state index in [0.717, 1.165) is 0 Å². The molecule has 0 aliphatic heterocycles. The molecule has 5 heteroatoms. The van der Waals surface area contributed by atoms with Crippen LogP contribution in [-0.4, -0.2) is 28.0 Å². The maximum Gasteiger partial charge on any atom is 0.221 e. The van der Waals surface area contributed by atoms with E-state index < -0.39 is 0 Å². The van der Waals surface area contributed by atoms with E-state index in [1.807, 2.05) is 27.7 Å². The van der Waals surface area contributed by atoms with E-state index >= 15 is 0 Å². The van der Waals surface area contributed by atoms with Gasteiger partial charge in [0.25, 0.3) is 0 Å². The molecule has 2 unspecified atom stereocenters. The van der Waals surface area contributed by atoms with Crippen molar-refractivity contribution in [1.29, 1.82) is 0 Å². The van der Waals surface area contributed by atoms with E-state index in [1.54, 1.807) is 0 Å². The second kappa shape index (κ2) is 4.93. The Balaban J connectivity index is 2.66. The molecule has 0 saturated carbocycles. The quantitative estimate of drug-likeness (QED) is 0.797. The summed E-state index contributed by atoms with van der Waals surface area (Å²) in [6.45, 7) is 8.01. The summed E-state index contributed by atoms with van der Waals surface area (Å²) >= 11 is 0. The van der Waals surface area contributed by atoms with Gasteiger partial charge in [0, 0.05) is 24.5 Å². The van der Waals surface area contributed by atoms with E-state index in [4.69, 9.17) is 15.3 Å². The summed E-state index contributed by atoms with van der Waals surface area (Å²) in [5.74, 6) is 1.19. The minimum absolute atomic E-state index is 0.0324. The molecule has 1 aromatic rings. The van der Waals surface area contributed by atoms with Crippen LogP contribution in [-0.2, 0) is 11.8 Å². The van der Waals surface area contributed by atoms with Crippen LogP contribution >= 0.6 is 0 Å². The SMILES string of the molecule is CC(CO)C(N)Cc1nnc(C(C)(C)C)o1. The molecule has 0 radical (unpaired) electrons. The highest BCUT2D eigenvalue weighted by molar-refractivity contribution is 4.97. The second-order valence-corrected chi connectivity index (χ2v) is 5.28. The normalized spacial score (nSPS) is 16.1. The van der Waals surface area contributed by atoms with E-state index in [9.17, 15) is 0 Å². The highest BCUT2D eigenvalue weighted by Crippen LogP contribution is 2.20. The molecule has 0 aromatic carbocycles. The molecule has 0 saturated heterocycles. The summed E-state index contributed by atoms with van der Waals surface area (Å²) < 4.78 is 5.53. The highest BCUT2D eigenvalue weighted by atomic mass is 16.4. The minimum Gasteiger partial charge on any atom is -0.425 e. The van der Waals surface area contributed by atoms with Crippen molar-refractivity contribution < 1.29 is 9.52 Å². The molecule has 92 valence electrons. The van der Waals surface area contributed by atoms with Gasteiger partial charge in [-0.2, -0.15) is 0 Å². The van der Waals surface area contributed by atoms with Crippen LogP contribution < -0.4 is 5.73 Å². The standard InChI is InChI=1S/C11H21N3O2/c1-7(6-15)8(12)5-9-13-14-10(16-9)11(2,3)4/h7-8,15H,5-6,12H2,1-4H3. The second-order valence-electron chi connectivity index (χ2n) is 5.28. The van der Waals surface area contributed by atoms with Gasteiger partial charge in [-0.15, -0.1) is 10.2 Å². The van der Waals surface area contributed by atoms with E-state index in [1.165, 1.54) is 0 Å². The summed E-state index contributed by atoms with van der Waals surface area (Å²) in [5.41, 5.74) is 5.75. The van der Waals surface area contributed by atoms with Crippen molar-refractivity contribution in [2.75, 3.05) is 6.61 Å². The Kier molecular flexibility index (Phi) is 4.04. The number of rotatable bonds is 4. The Labute approximate surface area is 96.1 Å². The van der Waals surface area contributed by atoms with Crippen LogP contribution in [0.15, 0.2) is 4.42 Å². The third kappa shape index (κ3) is 3.28. The average molecular weight is 227 g/mol. The monoisotopic (exact) mass is 227 g/mol. The zero-order chi connectivity index (χ0) is 12.3. The summed E-state index contributed by atoms with van der Waals surface area (Å²) in [6, 6.07) is -0.154. The number of nitrogens with zero attached hydrogens (tertiary/aromatic N) is 2.